The highest BCUT2D eigenvalue weighted by Crippen LogP contribution is 2.31. The zero-order valence-corrected chi connectivity index (χ0v) is 17.6. The Morgan fingerprint density at radius 1 is 1.13 bits per heavy atom. The molecule has 154 valence electrons. The number of nitrogens with zero attached hydrogens (tertiary/aromatic N) is 2. The summed E-state index contributed by atoms with van der Waals surface area (Å²) in [6.45, 7) is 4.82. The van der Waals surface area contributed by atoms with E-state index in [2.05, 4.69) is 22.1 Å². The van der Waals surface area contributed by atoms with Gasteiger partial charge in [0.1, 0.15) is 5.82 Å². The Kier molecular flexibility index (Phi) is 5.86. The molecule has 4 rings (SSSR count). The average molecular weight is 422 g/mol. The van der Waals surface area contributed by atoms with Gasteiger partial charge in [0.25, 0.3) is 5.91 Å². The highest BCUT2D eigenvalue weighted by atomic mass is 35.5. The normalized spacial score (nSPS) is 15.4. The van der Waals surface area contributed by atoms with E-state index in [1.807, 2.05) is 48.5 Å². The van der Waals surface area contributed by atoms with Crippen molar-refractivity contribution in [2.24, 2.45) is 5.41 Å². The lowest BCUT2D eigenvalue weighted by molar-refractivity contribution is -0.0319. The van der Waals surface area contributed by atoms with Crippen molar-refractivity contribution in [1.29, 1.82) is 0 Å². The molecule has 2 N–H and O–H groups in total. The number of pyridine rings is 1. The lowest BCUT2D eigenvalue weighted by atomic mass is 9.83. The molecule has 2 heterocycles. The Morgan fingerprint density at radius 3 is 2.57 bits per heavy atom. The second-order valence-electron chi connectivity index (χ2n) is 8.15. The van der Waals surface area contributed by atoms with E-state index in [-0.39, 0.29) is 17.9 Å². The maximum atomic E-state index is 12.8. The van der Waals surface area contributed by atoms with E-state index in [1.165, 1.54) is 0 Å². The Labute approximate surface area is 181 Å². The minimum atomic E-state index is -0.292. The molecule has 1 fully saturated rings. The SMILES string of the molecule is CC1(CO)CN(Cc2ccc(NC(=O)c3cccc(-c4ccccc4)c3Cl)nc2)C1. The van der Waals surface area contributed by atoms with E-state index in [4.69, 9.17) is 11.6 Å². The van der Waals surface area contributed by atoms with Crippen LogP contribution < -0.4 is 5.32 Å². The number of anilines is 1. The first-order valence-corrected chi connectivity index (χ1v) is 10.3. The number of hydrogen-bond acceptors (Lipinski definition) is 4. The molecular formula is C24H24ClN3O2. The van der Waals surface area contributed by atoms with Crippen molar-refractivity contribution in [3.05, 3.63) is 83.0 Å². The van der Waals surface area contributed by atoms with E-state index in [0.717, 1.165) is 36.3 Å². The van der Waals surface area contributed by atoms with E-state index >= 15 is 0 Å². The van der Waals surface area contributed by atoms with Crippen LogP contribution in [-0.2, 0) is 6.54 Å². The first-order valence-electron chi connectivity index (χ1n) is 9.91. The zero-order valence-electron chi connectivity index (χ0n) is 16.8. The minimum Gasteiger partial charge on any atom is -0.396 e. The highest BCUT2D eigenvalue weighted by Gasteiger charge is 2.37. The molecule has 1 aromatic heterocycles. The van der Waals surface area contributed by atoms with Crippen LogP contribution in [0.4, 0.5) is 5.82 Å². The van der Waals surface area contributed by atoms with Crippen LogP contribution in [0.2, 0.25) is 5.02 Å². The van der Waals surface area contributed by atoms with Gasteiger partial charge in [-0.05, 0) is 23.3 Å². The molecule has 1 amide bonds. The summed E-state index contributed by atoms with van der Waals surface area (Å²) in [5.41, 5.74) is 3.26. The standard InChI is InChI=1S/C24H24ClN3O2/c1-24(16-29)14-28(15-24)13-17-10-11-21(26-12-17)27-23(30)20-9-5-8-19(22(20)25)18-6-3-2-4-7-18/h2-12,29H,13-16H2,1H3,(H,26,27,30). The number of rotatable bonds is 6. The average Bonchev–Trinajstić information content (AvgIpc) is 2.74. The number of amides is 1. The smallest absolute Gasteiger partial charge is 0.258 e. The molecule has 1 saturated heterocycles. The summed E-state index contributed by atoms with van der Waals surface area (Å²) in [6.07, 6.45) is 1.77. The monoisotopic (exact) mass is 421 g/mol. The number of aromatic nitrogens is 1. The Hall–Kier alpha value is -2.73. The molecular weight excluding hydrogens is 398 g/mol. The quantitative estimate of drug-likeness (QED) is 0.616. The van der Waals surface area contributed by atoms with Crippen molar-refractivity contribution in [2.75, 3.05) is 25.0 Å². The molecule has 3 aromatic rings. The summed E-state index contributed by atoms with van der Waals surface area (Å²) in [6, 6.07) is 18.9. The van der Waals surface area contributed by atoms with Crippen LogP contribution in [0, 0.1) is 5.41 Å². The van der Waals surface area contributed by atoms with Crippen LogP contribution in [0.5, 0.6) is 0 Å². The minimum absolute atomic E-state index is 0.00883. The number of nitrogens with one attached hydrogen (secondary N) is 1. The molecule has 0 aliphatic carbocycles. The Balaban J connectivity index is 1.42. The van der Waals surface area contributed by atoms with Crippen molar-refractivity contribution >= 4 is 23.3 Å². The summed E-state index contributed by atoms with van der Waals surface area (Å²) in [7, 11) is 0. The van der Waals surface area contributed by atoms with Gasteiger partial charge in [-0.3, -0.25) is 9.69 Å². The zero-order chi connectivity index (χ0) is 21.1. The van der Waals surface area contributed by atoms with Crippen molar-refractivity contribution in [2.45, 2.75) is 13.5 Å². The molecule has 30 heavy (non-hydrogen) atoms. The molecule has 0 bridgehead atoms. The number of carbonyl (C=O) groups excluding carboxylic acids is 1. The summed E-state index contributed by atoms with van der Waals surface area (Å²) in [4.78, 5) is 19.4. The molecule has 0 saturated carbocycles. The third kappa shape index (κ3) is 4.38. The second kappa shape index (κ2) is 8.56. The van der Waals surface area contributed by atoms with Gasteiger partial charge in [0.2, 0.25) is 0 Å². The third-order valence-electron chi connectivity index (χ3n) is 5.39. The fourth-order valence-corrected chi connectivity index (χ4v) is 4.15. The molecule has 0 spiro atoms. The van der Waals surface area contributed by atoms with Crippen LogP contribution in [0.3, 0.4) is 0 Å². The lowest BCUT2D eigenvalue weighted by Crippen LogP contribution is -2.55. The topological polar surface area (TPSA) is 65.5 Å². The first kappa shape index (κ1) is 20.5. The number of carbonyl (C=O) groups is 1. The van der Waals surface area contributed by atoms with Crippen molar-refractivity contribution in [3.8, 4) is 11.1 Å². The van der Waals surface area contributed by atoms with Gasteiger partial charge in [-0.25, -0.2) is 4.98 Å². The molecule has 1 aliphatic heterocycles. The Bertz CT molecular complexity index is 1030. The summed E-state index contributed by atoms with van der Waals surface area (Å²) in [5, 5.41) is 12.6. The molecule has 6 heteroatoms. The van der Waals surface area contributed by atoms with Gasteiger partial charge in [-0.1, -0.05) is 67.1 Å². The maximum absolute atomic E-state index is 12.8. The number of hydrogen-bond donors (Lipinski definition) is 2. The van der Waals surface area contributed by atoms with Crippen LogP contribution >= 0.6 is 11.6 Å². The number of halogens is 1. The Morgan fingerprint density at radius 2 is 1.90 bits per heavy atom. The van der Waals surface area contributed by atoms with Gasteiger partial charge < -0.3 is 10.4 Å². The van der Waals surface area contributed by atoms with Crippen molar-refractivity contribution < 1.29 is 9.90 Å². The lowest BCUT2D eigenvalue weighted by Gasteiger charge is -2.47. The van der Waals surface area contributed by atoms with Gasteiger partial charge in [0, 0.05) is 36.8 Å². The summed E-state index contributed by atoms with van der Waals surface area (Å²) < 4.78 is 0. The largest absolute Gasteiger partial charge is 0.396 e. The van der Waals surface area contributed by atoms with Crippen LogP contribution in [0.15, 0.2) is 66.9 Å². The molecule has 0 unspecified atom stereocenters. The van der Waals surface area contributed by atoms with Crippen molar-refractivity contribution in [1.82, 2.24) is 9.88 Å². The molecule has 0 atom stereocenters. The number of aliphatic hydroxyl groups excluding tert-OH is 1. The van der Waals surface area contributed by atoms with Crippen LogP contribution in [0.1, 0.15) is 22.8 Å². The molecule has 1 aliphatic rings. The highest BCUT2D eigenvalue weighted by molar-refractivity contribution is 6.37. The van der Waals surface area contributed by atoms with Crippen LogP contribution in [-0.4, -0.2) is 40.6 Å². The van der Waals surface area contributed by atoms with Gasteiger partial charge in [0.05, 0.1) is 17.2 Å². The van der Waals surface area contributed by atoms with E-state index in [0.29, 0.717) is 16.4 Å². The number of benzene rings is 2. The first-order chi connectivity index (χ1) is 14.5. The predicted molar refractivity (Wildman–Crippen MR) is 120 cm³/mol. The number of likely N-dealkylation sites (tertiary alicyclic amines) is 1. The predicted octanol–water partition coefficient (Wildman–Crippen LogP) is 4.47. The maximum Gasteiger partial charge on any atom is 0.258 e. The third-order valence-corrected chi connectivity index (χ3v) is 5.80. The summed E-state index contributed by atoms with van der Waals surface area (Å²) in [5.74, 6) is 0.188. The van der Waals surface area contributed by atoms with E-state index in [9.17, 15) is 9.90 Å². The molecule has 5 nitrogen and oxygen atoms in total. The molecule has 0 radical (unpaired) electrons. The van der Waals surface area contributed by atoms with Gasteiger partial charge >= 0.3 is 0 Å². The number of aliphatic hydroxyl groups is 1. The van der Waals surface area contributed by atoms with Gasteiger partial charge in [0.15, 0.2) is 0 Å². The second-order valence-corrected chi connectivity index (χ2v) is 8.53. The van der Waals surface area contributed by atoms with Gasteiger partial charge in [-0.2, -0.15) is 0 Å². The van der Waals surface area contributed by atoms with E-state index in [1.54, 1.807) is 18.3 Å². The molecule has 2 aromatic carbocycles. The van der Waals surface area contributed by atoms with Crippen molar-refractivity contribution in [3.63, 3.8) is 0 Å². The van der Waals surface area contributed by atoms with Gasteiger partial charge in [-0.15, -0.1) is 0 Å². The van der Waals surface area contributed by atoms with Crippen LogP contribution in [0.25, 0.3) is 11.1 Å². The fraction of sp³-hybridized carbons (Fsp3) is 0.250. The fourth-order valence-electron chi connectivity index (χ4n) is 3.83. The van der Waals surface area contributed by atoms with E-state index < -0.39 is 0 Å². The summed E-state index contributed by atoms with van der Waals surface area (Å²) >= 11 is 6.54.